The fraction of sp³-hybridized carbons (Fsp3) is 0.350. The average Bonchev–Trinajstić information content (AvgIpc) is 2.62. The van der Waals surface area contributed by atoms with Crippen LogP contribution in [0.3, 0.4) is 0 Å². The van der Waals surface area contributed by atoms with E-state index in [4.69, 9.17) is 9.47 Å². The Hall–Kier alpha value is -2.14. The van der Waals surface area contributed by atoms with Crippen LogP contribution in [-0.2, 0) is 0 Å². The number of hydrogen-bond acceptors (Lipinski definition) is 4. The van der Waals surface area contributed by atoms with Gasteiger partial charge in [0.2, 0.25) is 0 Å². The molecule has 0 bridgehead atoms. The Labute approximate surface area is 153 Å². The van der Waals surface area contributed by atoms with Crippen LogP contribution in [0.15, 0.2) is 47.4 Å². The third-order valence-electron chi connectivity index (χ3n) is 3.48. The standard InChI is InChI=1S/C20H25NO3S/c1-4-23-18-11-8-16(14-19(18)24-5-2)20(22)21-12-13-25-17-9-6-15(3)7-10-17/h6-11,14H,4-5,12-13H2,1-3H3,(H,21,22). The van der Waals surface area contributed by atoms with Crippen molar-refractivity contribution < 1.29 is 14.3 Å². The third kappa shape index (κ3) is 6.02. The topological polar surface area (TPSA) is 47.6 Å². The van der Waals surface area contributed by atoms with Crippen molar-refractivity contribution in [2.75, 3.05) is 25.5 Å². The summed E-state index contributed by atoms with van der Waals surface area (Å²) in [6, 6.07) is 13.7. The molecule has 2 aromatic rings. The lowest BCUT2D eigenvalue weighted by atomic mass is 10.2. The van der Waals surface area contributed by atoms with E-state index in [1.807, 2.05) is 13.8 Å². The van der Waals surface area contributed by atoms with Crippen molar-refractivity contribution in [3.05, 3.63) is 53.6 Å². The van der Waals surface area contributed by atoms with Gasteiger partial charge in [0.1, 0.15) is 0 Å². The van der Waals surface area contributed by atoms with Crippen molar-refractivity contribution in [2.24, 2.45) is 0 Å². The van der Waals surface area contributed by atoms with Crippen LogP contribution >= 0.6 is 11.8 Å². The Morgan fingerprint density at radius 2 is 1.68 bits per heavy atom. The highest BCUT2D eigenvalue weighted by Crippen LogP contribution is 2.28. The van der Waals surface area contributed by atoms with Gasteiger partial charge in [-0.05, 0) is 51.1 Å². The minimum absolute atomic E-state index is 0.103. The van der Waals surface area contributed by atoms with Gasteiger partial charge in [0.05, 0.1) is 13.2 Å². The summed E-state index contributed by atoms with van der Waals surface area (Å²) in [6.07, 6.45) is 0. The van der Waals surface area contributed by atoms with Crippen molar-refractivity contribution in [3.8, 4) is 11.5 Å². The van der Waals surface area contributed by atoms with E-state index in [1.165, 1.54) is 10.5 Å². The molecule has 0 unspecified atom stereocenters. The molecule has 0 spiro atoms. The molecule has 4 nitrogen and oxygen atoms in total. The number of aryl methyl sites for hydroxylation is 1. The zero-order valence-electron chi connectivity index (χ0n) is 15.0. The summed E-state index contributed by atoms with van der Waals surface area (Å²) < 4.78 is 11.1. The maximum absolute atomic E-state index is 12.3. The van der Waals surface area contributed by atoms with Gasteiger partial charge in [-0.1, -0.05) is 17.7 Å². The maximum Gasteiger partial charge on any atom is 0.251 e. The summed E-state index contributed by atoms with van der Waals surface area (Å²) in [5, 5.41) is 2.95. The molecule has 134 valence electrons. The lowest BCUT2D eigenvalue weighted by Gasteiger charge is -2.12. The van der Waals surface area contributed by atoms with E-state index in [1.54, 1.807) is 30.0 Å². The van der Waals surface area contributed by atoms with E-state index in [2.05, 4.69) is 36.5 Å². The zero-order chi connectivity index (χ0) is 18.1. The van der Waals surface area contributed by atoms with E-state index in [-0.39, 0.29) is 5.91 Å². The molecule has 0 atom stereocenters. The van der Waals surface area contributed by atoms with Gasteiger partial charge in [0, 0.05) is 22.8 Å². The van der Waals surface area contributed by atoms with Crippen LogP contribution in [0.1, 0.15) is 29.8 Å². The number of thioether (sulfide) groups is 1. The summed E-state index contributed by atoms with van der Waals surface area (Å²) in [5.74, 6) is 1.99. The van der Waals surface area contributed by atoms with Crippen molar-refractivity contribution in [1.29, 1.82) is 0 Å². The fourth-order valence-corrected chi connectivity index (χ4v) is 3.03. The Kier molecular flexibility index (Phi) is 7.67. The van der Waals surface area contributed by atoms with Crippen LogP contribution in [0, 0.1) is 6.92 Å². The summed E-state index contributed by atoms with van der Waals surface area (Å²) in [7, 11) is 0. The smallest absolute Gasteiger partial charge is 0.251 e. The van der Waals surface area contributed by atoms with Crippen molar-refractivity contribution >= 4 is 17.7 Å². The molecule has 0 radical (unpaired) electrons. The number of benzene rings is 2. The molecular weight excluding hydrogens is 334 g/mol. The minimum atomic E-state index is -0.103. The molecule has 0 aliphatic rings. The van der Waals surface area contributed by atoms with Crippen molar-refractivity contribution in [2.45, 2.75) is 25.7 Å². The van der Waals surface area contributed by atoms with Gasteiger partial charge < -0.3 is 14.8 Å². The first-order valence-electron chi connectivity index (χ1n) is 8.51. The Balaban J connectivity index is 1.87. The lowest BCUT2D eigenvalue weighted by molar-refractivity contribution is 0.0955. The second-order valence-electron chi connectivity index (χ2n) is 5.44. The van der Waals surface area contributed by atoms with Gasteiger partial charge in [-0.15, -0.1) is 11.8 Å². The molecule has 0 fully saturated rings. The van der Waals surface area contributed by atoms with E-state index in [9.17, 15) is 4.79 Å². The first kappa shape index (κ1) is 19.2. The summed E-state index contributed by atoms with van der Waals surface area (Å²) in [5.41, 5.74) is 1.82. The highest BCUT2D eigenvalue weighted by atomic mass is 32.2. The minimum Gasteiger partial charge on any atom is -0.490 e. The molecule has 1 amide bonds. The maximum atomic E-state index is 12.3. The number of hydrogen-bond donors (Lipinski definition) is 1. The summed E-state index contributed by atoms with van der Waals surface area (Å²) in [4.78, 5) is 13.5. The van der Waals surface area contributed by atoms with Crippen LogP contribution in [-0.4, -0.2) is 31.4 Å². The summed E-state index contributed by atoms with van der Waals surface area (Å²) in [6.45, 7) is 7.59. The van der Waals surface area contributed by atoms with Crippen LogP contribution in [0.4, 0.5) is 0 Å². The van der Waals surface area contributed by atoms with E-state index < -0.39 is 0 Å². The van der Waals surface area contributed by atoms with Crippen LogP contribution in [0.2, 0.25) is 0 Å². The second kappa shape index (κ2) is 9.99. The normalized spacial score (nSPS) is 10.4. The largest absolute Gasteiger partial charge is 0.490 e. The molecule has 5 heteroatoms. The molecule has 1 N–H and O–H groups in total. The molecule has 2 rings (SSSR count). The van der Waals surface area contributed by atoms with Gasteiger partial charge in [-0.3, -0.25) is 4.79 Å². The molecule has 2 aromatic carbocycles. The number of ether oxygens (including phenoxy) is 2. The van der Waals surface area contributed by atoms with E-state index in [0.29, 0.717) is 36.8 Å². The van der Waals surface area contributed by atoms with Gasteiger partial charge >= 0.3 is 0 Å². The molecule has 0 aliphatic carbocycles. The van der Waals surface area contributed by atoms with Gasteiger partial charge in [0.25, 0.3) is 5.91 Å². The number of carbonyl (C=O) groups excluding carboxylic acids is 1. The van der Waals surface area contributed by atoms with Crippen LogP contribution in [0.5, 0.6) is 11.5 Å². The molecule has 0 aliphatic heterocycles. The number of carbonyl (C=O) groups is 1. The Morgan fingerprint density at radius 3 is 2.36 bits per heavy atom. The third-order valence-corrected chi connectivity index (χ3v) is 4.50. The molecule has 0 saturated carbocycles. The van der Waals surface area contributed by atoms with Gasteiger partial charge in [-0.2, -0.15) is 0 Å². The zero-order valence-corrected chi connectivity index (χ0v) is 15.8. The highest BCUT2D eigenvalue weighted by Gasteiger charge is 2.11. The average molecular weight is 359 g/mol. The highest BCUT2D eigenvalue weighted by molar-refractivity contribution is 7.99. The fourth-order valence-electron chi connectivity index (χ4n) is 2.26. The molecule has 0 heterocycles. The molecule has 0 saturated heterocycles. The summed E-state index contributed by atoms with van der Waals surface area (Å²) >= 11 is 1.73. The number of rotatable bonds is 9. The predicted octanol–water partition coefficient (Wildman–Crippen LogP) is 4.31. The van der Waals surface area contributed by atoms with Crippen LogP contribution < -0.4 is 14.8 Å². The second-order valence-corrected chi connectivity index (χ2v) is 6.61. The monoisotopic (exact) mass is 359 g/mol. The first-order chi connectivity index (χ1) is 12.1. The molecule has 0 aromatic heterocycles. The van der Waals surface area contributed by atoms with E-state index in [0.717, 1.165) is 5.75 Å². The number of nitrogens with one attached hydrogen (secondary N) is 1. The van der Waals surface area contributed by atoms with Crippen molar-refractivity contribution in [3.63, 3.8) is 0 Å². The lowest BCUT2D eigenvalue weighted by Crippen LogP contribution is -2.25. The molecular formula is C20H25NO3S. The van der Waals surface area contributed by atoms with E-state index >= 15 is 0 Å². The first-order valence-corrected chi connectivity index (χ1v) is 9.50. The quantitative estimate of drug-likeness (QED) is 0.535. The van der Waals surface area contributed by atoms with Gasteiger partial charge in [0.15, 0.2) is 11.5 Å². The Morgan fingerprint density at radius 1 is 1.00 bits per heavy atom. The SMILES string of the molecule is CCOc1ccc(C(=O)NCCSc2ccc(C)cc2)cc1OCC. The number of amides is 1. The van der Waals surface area contributed by atoms with Gasteiger partial charge in [-0.25, -0.2) is 0 Å². The predicted molar refractivity (Wildman–Crippen MR) is 103 cm³/mol. The van der Waals surface area contributed by atoms with Crippen molar-refractivity contribution in [1.82, 2.24) is 5.32 Å². The molecule has 25 heavy (non-hydrogen) atoms. The van der Waals surface area contributed by atoms with Crippen LogP contribution in [0.25, 0.3) is 0 Å². The Bertz CT molecular complexity index is 686.